The maximum absolute atomic E-state index is 12.6. The Morgan fingerprint density at radius 3 is 2.62 bits per heavy atom. The molecule has 1 aliphatic rings. The van der Waals surface area contributed by atoms with Gasteiger partial charge in [-0.05, 0) is 19.8 Å². The number of rotatable bonds is 2. The molecule has 0 saturated carbocycles. The van der Waals surface area contributed by atoms with Crippen molar-refractivity contribution >= 4 is 17.2 Å². The average Bonchev–Trinajstić information content (AvgIpc) is 3.09. The molecular formula is C15H20N4OS. The zero-order valence-corrected chi connectivity index (χ0v) is 13.5. The molecule has 0 aromatic carbocycles. The van der Waals surface area contributed by atoms with E-state index in [-0.39, 0.29) is 11.3 Å². The van der Waals surface area contributed by atoms with Gasteiger partial charge in [0.25, 0.3) is 5.91 Å². The lowest BCUT2D eigenvalue weighted by molar-refractivity contribution is 0.0675. The van der Waals surface area contributed by atoms with Crippen LogP contribution in [0.15, 0.2) is 17.8 Å². The molecular weight excluding hydrogens is 284 g/mol. The number of hydrogen-bond donors (Lipinski definition) is 0. The molecule has 3 heterocycles. The lowest BCUT2D eigenvalue weighted by atomic mass is 9.81. The van der Waals surface area contributed by atoms with Gasteiger partial charge >= 0.3 is 0 Å². The van der Waals surface area contributed by atoms with Gasteiger partial charge < -0.3 is 4.90 Å². The second-order valence-corrected chi connectivity index (χ2v) is 6.89. The van der Waals surface area contributed by atoms with E-state index < -0.39 is 0 Å². The van der Waals surface area contributed by atoms with Gasteiger partial charge in [0.1, 0.15) is 0 Å². The summed E-state index contributed by atoms with van der Waals surface area (Å²) in [5.41, 5.74) is 1.63. The smallest absolute Gasteiger partial charge is 0.257 e. The van der Waals surface area contributed by atoms with Crippen molar-refractivity contribution in [2.45, 2.75) is 32.1 Å². The Hall–Kier alpha value is -1.69. The van der Waals surface area contributed by atoms with E-state index in [0.717, 1.165) is 37.2 Å². The van der Waals surface area contributed by atoms with Crippen LogP contribution in [0, 0.1) is 6.92 Å². The number of aromatic nitrogens is 3. The Bertz CT molecular complexity index is 639. The number of piperidine rings is 1. The summed E-state index contributed by atoms with van der Waals surface area (Å²) in [4.78, 5) is 19.0. The van der Waals surface area contributed by atoms with Gasteiger partial charge in [-0.2, -0.15) is 5.10 Å². The van der Waals surface area contributed by atoms with Crippen LogP contribution in [-0.2, 0) is 12.5 Å². The number of aryl methyl sites for hydroxylation is 2. The Balaban J connectivity index is 1.71. The predicted molar refractivity (Wildman–Crippen MR) is 82.5 cm³/mol. The van der Waals surface area contributed by atoms with E-state index in [1.807, 2.05) is 36.6 Å². The number of thiazole rings is 1. The van der Waals surface area contributed by atoms with Gasteiger partial charge in [-0.1, -0.05) is 6.92 Å². The molecule has 0 aliphatic carbocycles. The third-order valence-corrected chi connectivity index (χ3v) is 5.43. The topological polar surface area (TPSA) is 51.0 Å². The Morgan fingerprint density at radius 1 is 1.38 bits per heavy atom. The summed E-state index contributed by atoms with van der Waals surface area (Å²) in [6.45, 7) is 5.70. The van der Waals surface area contributed by atoms with Crippen LogP contribution in [0.3, 0.4) is 0 Å². The molecule has 0 atom stereocenters. The number of likely N-dealkylation sites (tertiary alicyclic amines) is 1. The minimum Gasteiger partial charge on any atom is -0.338 e. The first-order chi connectivity index (χ1) is 9.99. The molecule has 0 spiro atoms. The average molecular weight is 304 g/mol. The Morgan fingerprint density at radius 2 is 2.10 bits per heavy atom. The SMILES string of the molecule is Cc1nn(C)cc1C(=O)N1CCC(C)(c2nccs2)CC1. The first kappa shape index (κ1) is 14.3. The summed E-state index contributed by atoms with van der Waals surface area (Å²) in [5, 5.41) is 7.47. The van der Waals surface area contributed by atoms with Gasteiger partial charge in [0.05, 0.1) is 16.3 Å². The highest BCUT2D eigenvalue weighted by Gasteiger charge is 2.35. The van der Waals surface area contributed by atoms with Gasteiger partial charge in [0, 0.05) is 43.3 Å². The van der Waals surface area contributed by atoms with Crippen LogP contribution in [-0.4, -0.2) is 38.7 Å². The van der Waals surface area contributed by atoms with Gasteiger partial charge in [-0.3, -0.25) is 9.48 Å². The highest BCUT2D eigenvalue weighted by molar-refractivity contribution is 7.09. The second-order valence-electron chi connectivity index (χ2n) is 5.99. The fraction of sp³-hybridized carbons (Fsp3) is 0.533. The van der Waals surface area contributed by atoms with Crippen molar-refractivity contribution in [2.24, 2.45) is 7.05 Å². The first-order valence-electron chi connectivity index (χ1n) is 7.19. The van der Waals surface area contributed by atoms with Crippen molar-refractivity contribution in [1.29, 1.82) is 0 Å². The molecule has 1 fully saturated rings. The second kappa shape index (κ2) is 5.26. The molecule has 2 aromatic heterocycles. The monoisotopic (exact) mass is 304 g/mol. The van der Waals surface area contributed by atoms with Crippen molar-refractivity contribution in [1.82, 2.24) is 19.7 Å². The van der Waals surface area contributed by atoms with Crippen LogP contribution in [0.25, 0.3) is 0 Å². The molecule has 0 N–H and O–H groups in total. The van der Waals surface area contributed by atoms with Crippen LogP contribution in [0.1, 0.15) is 40.8 Å². The quantitative estimate of drug-likeness (QED) is 0.856. The van der Waals surface area contributed by atoms with E-state index in [1.165, 1.54) is 5.01 Å². The number of hydrogen-bond acceptors (Lipinski definition) is 4. The largest absolute Gasteiger partial charge is 0.338 e. The van der Waals surface area contributed by atoms with E-state index in [0.29, 0.717) is 0 Å². The Kier molecular flexibility index (Phi) is 3.57. The normalized spacial score (nSPS) is 18.0. The first-order valence-corrected chi connectivity index (χ1v) is 8.07. The summed E-state index contributed by atoms with van der Waals surface area (Å²) >= 11 is 1.71. The van der Waals surface area contributed by atoms with Gasteiger partial charge in [-0.25, -0.2) is 4.98 Å². The van der Waals surface area contributed by atoms with Gasteiger partial charge in [0.15, 0.2) is 0 Å². The number of nitrogens with zero attached hydrogens (tertiary/aromatic N) is 4. The maximum atomic E-state index is 12.6. The van der Waals surface area contributed by atoms with Crippen LogP contribution < -0.4 is 0 Å². The lowest BCUT2D eigenvalue weighted by Crippen LogP contribution is -2.44. The predicted octanol–water partition coefficient (Wildman–Crippen LogP) is 2.38. The molecule has 2 aromatic rings. The third kappa shape index (κ3) is 2.60. The van der Waals surface area contributed by atoms with Crippen molar-refractivity contribution < 1.29 is 4.79 Å². The zero-order chi connectivity index (χ0) is 15.0. The third-order valence-electron chi connectivity index (χ3n) is 4.35. The summed E-state index contributed by atoms with van der Waals surface area (Å²) in [6.07, 6.45) is 5.60. The zero-order valence-electron chi connectivity index (χ0n) is 12.7. The molecule has 1 amide bonds. The fourth-order valence-electron chi connectivity index (χ4n) is 2.92. The molecule has 3 rings (SSSR count). The van der Waals surface area contributed by atoms with Crippen LogP contribution in [0.5, 0.6) is 0 Å². The van der Waals surface area contributed by atoms with Crippen LogP contribution in [0.4, 0.5) is 0 Å². The molecule has 112 valence electrons. The van der Waals surface area contributed by atoms with E-state index in [4.69, 9.17) is 0 Å². The van der Waals surface area contributed by atoms with Gasteiger partial charge in [-0.15, -0.1) is 11.3 Å². The molecule has 1 saturated heterocycles. The molecule has 0 bridgehead atoms. The lowest BCUT2D eigenvalue weighted by Gasteiger charge is -2.38. The molecule has 5 nitrogen and oxygen atoms in total. The summed E-state index contributed by atoms with van der Waals surface area (Å²) in [7, 11) is 1.85. The molecule has 21 heavy (non-hydrogen) atoms. The number of amides is 1. The van der Waals surface area contributed by atoms with Crippen LogP contribution in [0.2, 0.25) is 0 Å². The van der Waals surface area contributed by atoms with E-state index in [9.17, 15) is 4.79 Å². The van der Waals surface area contributed by atoms with Crippen LogP contribution >= 0.6 is 11.3 Å². The maximum Gasteiger partial charge on any atom is 0.257 e. The number of carbonyl (C=O) groups is 1. The fourth-order valence-corrected chi connectivity index (χ4v) is 3.78. The minimum absolute atomic E-state index is 0.0989. The van der Waals surface area contributed by atoms with E-state index in [1.54, 1.807) is 16.0 Å². The minimum atomic E-state index is 0.0989. The highest BCUT2D eigenvalue weighted by Crippen LogP contribution is 2.36. The Labute approximate surface area is 128 Å². The van der Waals surface area contributed by atoms with Crippen molar-refractivity contribution in [2.75, 3.05) is 13.1 Å². The summed E-state index contributed by atoms with van der Waals surface area (Å²) < 4.78 is 1.70. The summed E-state index contributed by atoms with van der Waals surface area (Å²) in [6, 6.07) is 0. The summed E-state index contributed by atoms with van der Waals surface area (Å²) in [5.74, 6) is 0.0989. The van der Waals surface area contributed by atoms with Crippen molar-refractivity contribution in [3.63, 3.8) is 0 Å². The van der Waals surface area contributed by atoms with Gasteiger partial charge in [0.2, 0.25) is 0 Å². The molecule has 6 heteroatoms. The van der Waals surface area contributed by atoms with Crippen molar-refractivity contribution in [3.8, 4) is 0 Å². The molecule has 1 aliphatic heterocycles. The van der Waals surface area contributed by atoms with E-state index in [2.05, 4.69) is 17.0 Å². The molecule has 0 unspecified atom stereocenters. The van der Waals surface area contributed by atoms with Crippen molar-refractivity contribution in [3.05, 3.63) is 34.0 Å². The highest BCUT2D eigenvalue weighted by atomic mass is 32.1. The standard InChI is InChI=1S/C15H20N4OS/c1-11-12(10-18(3)17-11)13(20)19-7-4-15(2,5-8-19)14-16-6-9-21-14/h6,9-10H,4-5,7-8H2,1-3H3. The molecule has 0 radical (unpaired) electrons. The van der Waals surface area contributed by atoms with E-state index >= 15 is 0 Å². The number of carbonyl (C=O) groups excluding carboxylic acids is 1.